The molecule has 0 bridgehead atoms. The van der Waals surface area contributed by atoms with Gasteiger partial charge in [0.25, 0.3) is 11.1 Å². The van der Waals surface area contributed by atoms with Gasteiger partial charge in [0.1, 0.15) is 10.7 Å². The summed E-state index contributed by atoms with van der Waals surface area (Å²) in [5.74, 6) is 0. The molecular formula is C18H19N5O2. The van der Waals surface area contributed by atoms with Gasteiger partial charge in [0.2, 0.25) is 0 Å². The fourth-order valence-electron chi connectivity index (χ4n) is 2.47. The first-order valence-electron chi connectivity index (χ1n) is 7.84. The van der Waals surface area contributed by atoms with Crippen molar-refractivity contribution in [1.29, 1.82) is 0 Å². The van der Waals surface area contributed by atoms with Gasteiger partial charge >= 0.3 is 0 Å². The van der Waals surface area contributed by atoms with Crippen LogP contribution in [0.1, 0.15) is 37.7 Å². The highest BCUT2D eigenvalue weighted by Crippen LogP contribution is 2.22. The second kappa shape index (κ2) is 6.35. The molecule has 3 aromatic rings. The van der Waals surface area contributed by atoms with Crippen LogP contribution in [-0.2, 0) is 5.41 Å². The molecule has 0 saturated heterocycles. The highest BCUT2D eigenvalue weighted by Gasteiger charge is 2.19. The first-order chi connectivity index (χ1) is 11.8. The average molecular weight is 337 g/mol. The SMILES string of the molecule is CC(C)(C)c1[nH]cnc1/C=c1/[nH]c(=O)/c(=C\c2ccncc2)[nH]c1=O. The summed E-state index contributed by atoms with van der Waals surface area (Å²) >= 11 is 0. The third-order valence-corrected chi connectivity index (χ3v) is 3.70. The summed E-state index contributed by atoms with van der Waals surface area (Å²) < 4.78 is 0. The monoisotopic (exact) mass is 337 g/mol. The predicted molar refractivity (Wildman–Crippen MR) is 95.6 cm³/mol. The minimum absolute atomic E-state index is 0.162. The summed E-state index contributed by atoms with van der Waals surface area (Å²) in [6.07, 6.45) is 7.98. The van der Waals surface area contributed by atoms with Gasteiger partial charge in [-0.25, -0.2) is 4.98 Å². The minimum Gasteiger partial charge on any atom is -0.348 e. The van der Waals surface area contributed by atoms with Gasteiger partial charge in [-0.1, -0.05) is 20.8 Å². The quantitative estimate of drug-likeness (QED) is 0.618. The molecule has 3 N–H and O–H groups in total. The Morgan fingerprint density at radius 3 is 2.16 bits per heavy atom. The summed E-state index contributed by atoms with van der Waals surface area (Å²) in [6.45, 7) is 6.12. The number of H-pyrrole nitrogens is 3. The van der Waals surface area contributed by atoms with Crippen LogP contribution in [0, 0.1) is 0 Å². The number of imidazole rings is 1. The molecular weight excluding hydrogens is 318 g/mol. The molecule has 0 saturated carbocycles. The van der Waals surface area contributed by atoms with Crippen molar-refractivity contribution < 1.29 is 0 Å². The molecule has 7 heteroatoms. The zero-order chi connectivity index (χ0) is 18.0. The molecule has 128 valence electrons. The predicted octanol–water partition coefficient (Wildman–Crippen LogP) is 0.136. The number of aromatic nitrogens is 5. The molecule has 3 rings (SSSR count). The first kappa shape index (κ1) is 16.6. The van der Waals surface area contributed by atoms with Gasteiger partial charge < -0.3 is 15.0 Å². The van der Waals surface area contributed by atoms with E-state index in [1.807, 2.05) is 20.8 Å². The Hall–Kier alpha value is -3.22. The summed E-state index contributed by atoms with van der Waals surface area (Å²) in [6, 6.07) is 3.49. The summed E-state index contributed by atoms with van der Waals surface area (Å²) in [7, 11) is 0. The van der Waals surface area contributed by atoms with E-state index >= 15 is 0 Å². The van der Waals surface area contributed by atoms with E-state index in [0.29, 0.717) is 5.69 Å². The maximum atomic E-state index is 12.3. The van der Waals surface area contributed by atoms with E-state index in [1.165, 1.54) is 0 Å². The number of nitrogens with zero attached hydrogens (tertiary/aromatic N) is 2. The molecule has 0 spiro atoms. The van der Waals surface area contributed by atoms with E-state index in [2.05, 4.69) is 24.9 Å². The van der Waals surface area contributed by atoms with Crippen molar-refractivity contribution in [3.63, 3.8) is 0 Å². The third kappa shape index (κ3) is 3.65. The number of nitrogens with one attached hydrogen (secondary N) is 3. The van der Waals surface area contributed by atoms with Crippen LogP contribution in [0.5, 0.6) is 0 Å². The van der Waals surface area contributed by atoms with Crippen LogP contribution in [0.25, 0.3) is 12.2 Å². The Labute approximate surface area is 143 Å². The van der Waals surface area contributed by atoms with Crippen LogP contribution in [0.4, 0.5) is 0 Å². The van der Waals surface area contributed by atoms with E-state index in [-0.39, 0.29) is 27.2 Å². The third-order valence-electron chi connectivity index (χ3n) is 3.70. The van der Waals surface area contributed by atoms with E-state index in [1.54, 1.807) is 43.0 Å². The lowest BCUT2D eigenvalue weighted by Crippen LogP contribution is -2.46. The highest BCUT2D eigenvalue weighted by molar-refractivity contribution is 5.49. The lowest BCUT2D eigenvalue weighted by Gasteiger charge is -2.16. The molecule has 0 unspecified atom stereocenters. The summed E-state index contributed by atoms with van der Waals surface area (Å²) in [5.41, 5.74) is 1.36. The number of hydrogen-bond acceptors (Lipinski definition) is 4. The van der Waals surface area contributed by atoms with E-state index in [4.69, 9.17) is 0 Å². The van der Waals surface area contributed by atoms with Crippen LogP contribution in [0.15, 0.2) is 40.4 Å². The second-order valence-electron chi connectivity index (χ2n) is 6.72. The van der Waals surface area contributed by atoms with E-state index in [9.17, 15) is 9.59 Å². The van der Waals surface area contributed by atoms with Crippen LogP contribution >= 0.6 is 0 Å². The van der Waals surface area contributed by atoms with Gasteiger partial charge in [-0.15, -0.1) is 0 Å². The Morgan fingerprint density at radius 2 is 1.56 bits per heavy atom. The smallest absolute Gasteiger partial charge is 0.272 e. The van der Waals surface area contributed by atoms with Crippen molar-refractivity contribution in [3.05, 3.63) is 79.2 Å². The fraction of sp³-hybridized carbons (Fsp3) is 0.222. The van der Waals surface area contributed by atoms with Crippen molar-refractivity contribution in [2.75, 3.05) is 0 Å². The Bertz CT molecular complexity index is 1110. The molecule has 0 aromatic carbocycles. The Kier molecular flexibility index (Phi) is 4.22. The molecule has 0 aliphatic rings. The van der Waals surface area contributed by atoms with Crippen molar-refractivity contribution in [1.82, 2.24) is 24.9 Å². The highest BCUT2D eigenvalue weighted by atomic mass is 16.1. The second-order valence-corrected chi connectivity index (χ2v) is 6.72. The van der Waals surface area contributed by atoms with Crippen LogP contribution < -0.4 is 21.8 Å². The molecule has 25 heavy (non-hydrogen) atoms. The summed E-state index contributed by atoms with van der Waals surface area (Å²) in [5, 5.41) is 0.348. The standard InChI is InChI=1S/C18H19N5O2/c1-18(2,3)15-12(20-10-21-15)9-14-17(25)22-13(16(24)23-14)8-11-4-6-19-7-5-11/h4-10H,1-3H3,(H,20,21)(H,22,25)(H,23,24)/b13-8+,14-9+. The van der Waals surface area contributed by atoms with Crippen LogP contribution in [-0.4, -0.2) is 24.9 Å². The topological polar surface area (TPSA) is 107 Å². The number of rotatable bonds is 2. The molecule has 0 aliphatic carbocycles. The maximum absolute atomic E-state index is 12.3. The van der Waals surface area contributed by atoms with Gasteiger partial charge in [-0.2, -0.15) is 0 Å². The zero-order valence-electron chi connectivity index (χ0n) is 14.3. The number of pyridine rings is 1. The van der Waals surface area contributed by atoms with Crippen molar-refractivity contribution in [2.24, 2.45) is 0 Å². The van der Waals surface area contributed by atoms with Crippen molar-refractivity contribution in [3.8, 4) is 0 Å². The van der Waals surface area contributed by atoms with Crippen LogP contribution in [0.3, 0.4) is 0 Å². The molecule has 0 aliphatic heterocycles. The molecule has 3 aromatic heterocycles. The van der Waals surface area contributed by atoms with Crippen molar-refractivity contribution >= 4 is 12.2 Å². The fourth-order valence-corrected chi connectivity index (χ4v) is 2.47. The van der Waals surface area contributed by atoms with E-state index in [0.717, 1.165) is 11.3 Å². The van der Waals surface area contributed by atoms with E-state index < -0.39 is 0 Å². The molecule has 0 atom stereocenters. The van der Waals surface area contributed by atoms with Gasteiger partial charge in [0.15, 0.2) is 0 Å². The van der Waals surface area contributed by atoms with Gasteiger partial charge in [-0.05, 0) is 29.8 Å². The number of aromatic amines is 3. The largest absolute Gasteiger partial charge is 0.348 e. The lowest BCUT2D eigenvalue weighted by atomic mass is 9.90. The Morgan fingerprint density at radius 1 is 0.960 bits per heavy atom. The molecule has 0 radical (unpaired) electrons. The van der Waals surface area contributed by atoms with Gasteiger partial charge in [0.05, 0.1) is 12.0 Å². The molecule has 7 nitrogen and oxygen atoms in total. The normalized spacial score (nSPS) is 13.4. The maximum Gasteiger partial charge on any atom is 0.272 e. The van der Waals surface area contributed by atoms with Crippen molar-refractivity contribution in [2.45, 2.75) is 26.2 Å². The molecule has 3 heterocycles. The Balaban J connectivity index is 2.14. The van der Waals surface area contributed by atoms with Gasteiger partial charge in [0, 0.05) is 23.5 Å². The molecule has 0 fully saturated rings. The summed E-state index contributed by atoms with van der Waals surface area (Å²) in [4.78, 5) is 41.1. The van der Waals surface area contributed by atoms with Crippen LogP contribution in [0.2, 0.25) is 0 Å². The first-order valence-corrected chi connectivity index (χ1v) is 7.84. The molecule has 0 amide bonds. The lowest BCUT2D eigenvalue weighted by molar-refractivity contribution is 0.571. The number of hydrogen-bond donors (Lipinski definition) is 3. The average Bonchev–Trinajstić information content (AvgIpc) is 3.02. The zero-order valence-corrected chi connectivity index (χ0v) is 14.3. The minimum atomic E-state index is -0.386. The van der Waals surface area contributed by atoms with Gasteiger partial charge in [-0.3, -0.25) is 14.6 Å².